The van der Waals surface area contributed by atoms with Crippen molar-refractivity contribution in [3.8, 4) is 0 Å². The number of hydrogen-bond donors (Lipinski definition) is 2. The predicted octanol–water partition coefficient (Wildman–Crippen LogP) is 2.51. The van der Waals surface area contributed by atoms with E-state index in [4.69, 9.17) is 4.74 Å². The molecule has 0 saturated carbocycles. The van der Waals surface area contributed by atoms with Crippen molar-refractivity contribution in [2.24, 2.45) is 5.92 Å². The summed E-state index contributed by atoms with van der Waals surface area (Å²) in [6.07, 6.45) is 0. The third-order valence-electron chi connectivity index (χ3n) is 3.39. The van der Waals surface area contributed by atoms with E-state index in [0.29, 0.717) is 25.7 Å². The van der Waals surface area contributed by atoms with E-state index in [1.165, 1.54) is 0 Å². The van der Waals surface area contributed by atoms with Crippen LogP contribution in [0.1, 0.15) is 32.3 Å². The van der Waals surface area contributed by atoms with Gasteiger partial charge in [-0.15, -0.1) is 0 Å². The molecule has 112 valence electrons. The Morgan fingerprint density at radius 1 is 1.30 bits per heavy atom. The van der Waals surface area contributed by atoms with Crippen LogP contribution in [0.25, 0.3) is 0 Å². The smallest absolute Gasteiger partial charge is 0.312 e. The molecule has 1 aromatic carbocycles. The number of rotatable bonds is 9. The Morgan fingerprint density at radius 2 is 1.95 bits per heavy atom. The van der Waals surface area contributed by atoms with Crippen LogP contribution in [0, 0.1) is 5.92 Å². The van der Waals surface area contributed by atoms with Gasteiger partial charge in [0.2, 0.25) is 0 Å². The first-order chi connectivity index (χ1) is 9.56. The summed E-state index contributed by atoms with van der Waals surface area (Å²) in [5.41, 5.74) is 0.825. The number of carboxylic acids is 1. The SMILES string of the molecule is CCOCC(NCC(C(=O)O)c1ccccc1)C(C)C. The molecule has 0 fully saturated rings. The number of hydrogen-bond acceptors (Lipinski definition) is 3. The van der Waals surface area contributed by atoms with Crippen LogP contribution in [0.3, 0.4) is 0 Å². The summed E-state index contributed by atoms with van der Waals surface area (Å²) < 4.78 is 5.45. The van der Waals surface area contributed by atoms with Gasteiger partial charge in [-0.05, 0) is 18.4 Å². The summed E-state index contributed by atoms with van der Waals surface area (Å²) >= 11 is 0. The predicted molar refractivity (Wildman–Crippen MR) is 79.9 cm³/mol. The van der Waals surface area contributed by atoms with Crippen molar-refractivity contribution in [1.82, 2.24) is 5.32 Å². The normalized spacial score (nSPS) is 14.2. The monoisotopic (exact) mass is 279 g/mol. The molecule has 2 N–H and O–H groups in total. The van der Waals surface area contributed by atoms with Gasteiger partial charge in [-0.3, -0.25) is 4.79 Å². The molecule has 0 aromatic heterocycles. The number of nitrogens with one attached hydrogen (secondary N) is 1. The van der Waals surface area contributed by atoms with Crippen LogP contribution >= 0.6 is 0 Å². The number of carboxylic acid groups (broad SMARTS) is 1. The maximum absolute atomic E-state index is 11.4. The zero-order valence-corrected chi connectivity index (χ0v) is 12.5. The van der Waals surface area contributed by atoms with Gasteiger partial charge in [-0.25, -0.2) is 0 Å². The van der Waals surface area contributed by atoms with Gasteiger partial charge in [0.05, 0.1) is 12.5 Å². The van der Waals surface area contributed by atoms with Crippen LogP contribution in [0.4, 0.5) is 0 Å². The molecule has 1 rings (SSSR count). The maximum atomic E-state index is 11.4. The molecular weight excluding hydrogens is 254 g/mol. The van der Waals surface area contributed by atoms with Crippen LogP contribution in [0.5, 0.6) is 0 Å². The highest BCUT2D eigenvalue weighted by Crippen LogP contribution is 2.15. The first-order valence-corrected chi connectivity index (χ1v) is 7.15. The highest BCUT2D eigenvalue weighted by atomic mass is 16.5. The van der Waals surface area contributed by atoms with Crippen molar-refractivity contribution >= 4 is 5.97 Å². The lowest BCUT2D eigenvalue weighted by Crippen LogP contribution is -2.41. The molecule has 20 heavy (non-hydrogen) atoms. The van der Waals surface area contributed by atoms with Gasteiger partial charge in [-0.1, -0.05) is 44.2 Å². The number of carbonyl (C=O) groups is 1. The van der Waals surface area contributed by atoms with E-state index in [2.05, 4.69) is 19.2 Å². The minimum atomic E-state index is -0.803. The lowest BCUT2D eigenvalue weighted by atomic mass is 9.97. The molecule has 0 aliphatic heterocycles. The standard InChI is InChI=1S/C16H25NO3/c1-4-20-11-15(12(2)3)17-10-14(16(18)19)13-8-6-5-7-9-13/h5-9,12,14-15,17H,4,10-11H2,1-3H3,(H,18,19). The molecule has 0 bridgehead atoms. The summed E-state index contributed by atoms with van der Waals surface area (Å²) in [7, 11) is 0. The molecule has 0 saturated heterocycles. The topological polar surface area (TPSA) is 58.6 Å². The van der Waals surface area contributed by atoms with Gasteiger partial charge >= 0.3 is 5.97 Å². The summed E-state index contributed by atoms with van der Waals surface area (Å²) in [6, 6.07) is 9.50. The molecule has 2 atom stereocenters. The van der Waals surface area contributed by atoms with E-state index in [-0.39, 0.29) is 6.04 Å². The fourth-order valence-corrected chi connectivity index (χ4v) is 2.03. The van der Waals surface area contributed by atoms with Gasteiger partial charge in [0.1, 0.15) is 0 Å². The fourth-order valence-electron chi connectivity index (χ4n) is 2.03. The molecule has 0 aliphatic carbocycles. The average molecular weight is 279 g/mol. The Labute approximate surface area is 121 Å². The van der Waals surface area contributed by atoms with Crippen molar-refractivity contribution < 1.29 is 14.6 Å². The van der Waals surface area contributed by atoms with E-state index >= 15 is 0 Å². The summed E-state index contributed by atoms with van der Waals surface area (Å²) in [5, 5.41) is 12.7. The highest BCUT2D eigenvalue weighted by Gasteiger charge is 2.22. The molecule has 0 amide bonds. The Balaban J connectivity index is 2.64. The quantitative estimate of drug-likeness (QED) is 0.729. The highest BCUT2D eigenvalue weighted by molar-refractivity contribution is 5.76. The minimum Gasteiger partial charge on any atom is -0.481 e. The van der Waals surface area contributed by atoms with Gasteiger partial charge in [0.15, 0.2) is 0 Å². The van der Waals surface area contributed by atoms with Crippen molar-refractivity contribution in [2.75, 3.05) is 19.8 Å². The first-order valence-electron chi connectivity index (χ1n) is 7.15. The van der Waals surface area contributed by atoms with E-state index in [0.717, 1.165) is 5.56 Å². The largest absolute Gasteiger partial charge is 0.481 e. The Bertz CT molecular complexity index is 392. The van der Waals surface area contributed by atoms with Gasteiger partial charge in [-0.2, -0.15) is 0 Å². The van der Waals surface area contributed by atoms with Crippen LogP contribution in [-0.4, -0.2) is 36.9 Å². The minimum absolute atomic E-state index is 0.167. The van der Waals surface area contributed by atoms with Crippen LogP contribution in [0.15, 0.2) is 30.3 Å². The fraction of sp³-hybridized carbons (Fsp3) is 0.562. The van der Waals surface area contributed by atoms with Crippen LogP contribution in [0.2, 0.25) is 0 Å². The van der Waals surface area contributed by atoms with Crippen LogP contribution in [-0.2, 0) is 9.53 Å². The molecule has 0 radical (unpaired) electrons. The molecular formula is C16H25NO3. The second-order valence-electron chi connectivity index (χ2n) is 5.22. The summed E-state index contributed by atoms with van der Waals surface area (Å²) in [6.45, 7) is 7.86. The van der Waals surface area contributed by atoms with Crippen molar-refractivity contribution in [1.29, 1.82) is 0 Å². The molecule has 0 aliphatic rings. The van der Waals surface area contributed by atoms with E-state index in [1.54, 1.807) is 0 Å². The zero-order chi connectivity index (χ0) is 15.0. The molecule has 0 spiro atoms. The Morgan fingerprint density at radius 3 is 2.45 bits per heavy atom. The van der Waals surface area contributed by atoms with Crippen molar-refractivity contribution in [3.63, 3.8) is 0 Å². The summed E-state index contributed by atoms with van der Waals surface area (Å²) in [5.74, 6) is -0.937. The van der Waals surface area contributed by atoms with Crippen molar-refractivity contribution in [2.45, 2.75) is 32.7 Å². The van der Waals surface area contributed by atoms with Crippen molar-refractivity contribution in [3.05, 3.63) is 35.9 Å². The zero-order valence-electron chi connectivity index (χ0n) is 12.5. The summed E-state index contributed by atoms with van der Waals surface area (Å²) in [4.78, 5) is 11.4. The average Bonchev–Trinajstić information content (AvgIpc) is 2.42. The molecule has 2 unspecified atom stereocenters. The third kappa shape index (κ3) is 5.31. The Kier molecular flexibility index (Phi) is 7.26. The molecule has 0 heterocycles. The van der Waals surface area contributed by atoms with Crippen LogP contribution < -0.4 is 5.32 Å². The number of benzene rings is 1. The van der Waals surface area contributed by atoms with E-state index in [9.17, 15) is 9.90 Å². The lowest BCUT2D eigenvalue weighted by molar-refractivity contribution is -0.138. The second-order valence-corrected chi connectivity index (χ2v) is 5.22. The van der Waals surface area contributed by atoms with Gasteiger partial charge < -0.3 is 15.2 Å². The van der Waals surface area contributed by atoms with E-state index in [1.807, 2.05) is 37.3 Å². The number of aliphatic carboxylic acids is 1. The molecule has 1 aromatic rings. The third-order valence-corrected chi connectivity index (χ3v) is 3.39. The maximum Gasteiger partial charge on any atom is 0.312 e. The number of ether oxygens (including phenoxy) is 1. The van der Waals surface area contributed by atoms with E-state index < -0.39 is 11.9 Å². The van der Waals surface area contributed by atoms with Gasteiger partial charge in [0, 0.05) is 19.2 Å². The Hall–Kier alpha value is -1.39. The molecule has 4 nitrogen and oxygen atoms in total. The second kappa shape index (κ2) is 8.72. The molecule has 4 heteroatoms. The first kappa shape index (κ1) is 16.7. The lowest BCUT2D eigenvalue weighted by Gasteiger charge is -2.24. The van der Waals surface area contributed by atoms with Gasteiger partial charge in [0.25, 0.3) is 0 Å².